The van der Waals surface area contributed by atoms with Gasteiger partial charge >= 0.3 is 5.97 Å². The minimum absolute atomic E-state index is 0.212. The molecule has 0 heterocycles. The Labute approximate surface area is 132 Å². The lowest BCUT2D eigenvalue weighted by atomic mass is 9.58. The molecule has 0 radical (unpaired) electrons. The fourth-order valence-electron chi connectivity index (χ4n) is 4.30. The molecule has 1 N–H and O–H groups in total. The third-order valence-electron chi connectivity index (χ3n) is 5.36. The number of carboxylic acid groups (broad SMARTS) is 1. The van der Waals surface area contributed by atoms with Crippen LogP contribution in [0.15, 0.2) is 12.1 Å². The van der Waals surface area contributed by atoms with E-state index in [1.165, 1.54) is 12.5 Å². The molecule has 3 atom stereocenters. The van der Waals surface area contributed by atoms with Crippen molar-refractivity contribution in [1.29, 1.82) is 0 Å². The summed E-state index contributed by atoms with van der Waals surface area (Å²) in [6, 6.07) is 4.18. The monoisotopic (exact) mass is 302 g/mol. The van der Waals surface area contributed by atoms with Crippen molar-refractivity contribution in [3.63, 3.8) is 0 Å². The van der Waals surface area contributed by atoms with Crippen LogP contribution in [0.5, 0.6) is 0 Å². The van der Waals surface area contributed by atoms with Crippen LogP contribution in [0.25, 0.3) is 0 Å². The Kier molecular flexibility index (Phi) is 4.46. The first-order valence-electron chi connectivity index (χ1n) is 8.02. The molecule has 120 valence electrons. The van der Waals surface area contributed by atoms with Crippen LogP contribution >= 0.6 is 0 Å². The van der Waals surface area contributed by atoms with E-state index >= 15 is 0 Å². The minimum atomic E-state index is -1.27. The molecule has 0 spiro atoms. The molecule has 0 bridgehead atoms. The predicted molar refractivity (Wildman–Crippen MR) is 87.2 cm³/mol. The minimum Gasteiger partial charge on any atom is -0.480 e. The number of carbonyl (C=O) groups excluding carboxylic acids is 1. The highest BCUT2D eigenvalue weighted by Crippen LogP contribution is 2.51. The lowest BCUT2D eigenvalue weighted by Crippen LogP contribution is -2.47. The van der Waals surface area contributed by atoms with Crippen molar-refractivity contribution >= 4 is 11.8 Å². The molecule has 0 amide bonds. The number of rotatable bonds is 3. The van der Waals surface area contributed by atoms with Crippen LogP contribution in [-0.2, 0) is 9.59 Å². The summed E-state index contributed by atoms with van der Waals surface area (Å²) in [5.74, 6) is -0.962. The number of benzene rings is 1. The average molecular weight is 302 g/mol. The van der Waals surface area contributed by atoms with Gasteiger partial charge in [0.25, 0.3) is 0 Å². The number of carbonyl (C=O) groups is 2. The first-order valence-corrected chi connectivity index (χ1v) is 8.02. The van der Waals surface area contributed by atoms with Gasteiger partial charge in [-0.1, -0.05) is 24.6 Å². The van der Waals surface area contributed by atoms with Gasteiger partial charge < -0.3 is 5.11 Å². The van der Waals surface area contributed by atoms with Crippen LogP contribution in [0, 0.1) is 32.1 Å². The number of Topliss-reactive ketones (excluding diaryl/α,β-unsaturated/α-hetero) is 1. The van der Waals surface area contributed by atoms with Crippen LogP contribution in [-0.4, -0.2) is 16.9 Å². The Bertz CT molecular complexity index is 578. The maximum atomic E-state index is 12.4. The van der Waals surface area contributed by atoms with Crippen LogP contribution in [0.3, 0.4) is 0 Å². The van der Waals surface area contributed by atoms with Crippen molar-refractivity contribution in [2.75, 3.05) is 0 Å². The molecular formula is C19H26O3. The Morgan fingerprint density at radius 1 is 1.18 bits per heavy atom. The summed E-state index contributed by atoms with van der Waals surface area (Å²) in [6.45, 7) is 9.69. The molecule has 1 fully saturated rings. The molecule has 3 unspecified atom stereocenters. The van der Waals surface area contributed by atoms with Gasteiger partial charge in [0.05, 0.1) is 0 Å². The van der Waals surface area contributed by atoms with Gasteiger partial charge in [0.2, 0.25) is 0 Å². The van der Waals surface area contributed by atoms with Gasteiger partial charge in [0, 0.05) is 5.92 Å². The maximum absolute atomic E-state index is 12.4. The second kappa shape index (κ2) is 5.86. The summed E-state index contributed by atoms with van der Waals surface area (Å²) in [6.07, 6.45) is 2.00. The normalized spacial score (nSPS) is 28.4. The second-order valence-electron chi connectivity index (χ2n) is 7.08. The van der Waals surface area contributed by atoms with Crippen molar-refractivity contribution in [2.24, 2.45) is 11.3 Å². The molecule has 0 saturated heterocycles. The van der Waals surface area contributed by atoms with Crippen molar-refractivity contribution < 1.29 is 14.7 Å². The van der Waals surface area contributed by atoms with E-state index in [2.05, 4.69) is 19.1 Å². The largest absolute Gasteiger partial charge is 0.480 e. The van der Waals surface area contributed by atoms with Crippen LogP contribution < -0.4 is 0 Å². The SMILES string of the molecule is CC(=O)C1(C(=O)O)CCC(C)CC1c1c(C)cc(C)cc1C. The highest BCUT2D eigenvalue weighted by Gasteiger charge is 2.53. The van der Waals surface area contributed by atoms with Crippen LogP contribution in [0.2, 0.25) is 0 Å². The predicted octanol–water partition coefficient (Wildman–Crippen LogP) is 4.18. The van der Waals surface area contributed by atoms with Gasteiger partial charge in [0.15, 0.2) is 0 Å². The number of aryl methyl sites for hydroxylation is 3. The maximum Gasteiger partial charge on any atom is 0.317 e. The highest BCUT2D eigenvalue weighted by atomic mass is 16.4. The average Bonchev–Trinajstić information content (AvgIpc) is 2.37. The summed E-state index contributed by atoms with van der Waals surface area (Å²) in [7, 11) is 0. The van der Waals surface area contributed by atoms with Gasteiger partial charge in [0.1, 0.15) is 11.2 Å². The van der Waals surface area contributed by atoms with Gasteiger partial charge in [-0.2, -0.15) is 0 Å². The van der Waals surface area contributed by atoms with E-state index in [1.807, 2.05) is 20.8 Å². The van der Waals surface area contributed by atoms with E-state index in [4.69, 9.17) is 0 Å². The second-order valence-corrected chi connectivity index (χ2v) is 7.08. The summed E-state index contributed by atoms with van der Waals surface area (Å²) in [5.41, 5.74) is 3.17. The number of hydrogen-bond donors (Lipinski definition) is 1. The van der Waals surface area contributed by atoms with Crippen molar-refractivity contribution in [2.45, 2.75) is 59.8 Å². The molecule has 1 aliphatic carbocycles. The van der Waals surface area contributed by atoms with Crippen molar-refractivity contribution in [3.8, 4) is 0 Å². The Morgan fingerprint density at radius 3 is 2.18 bits per heavy atom. The smallest absolute Gasteiger partial charge is 0.317 e. The highest BCUT2D eigenvalue weighted by molar-refractivity contribution is 6.03. The third kappa shape index (κ3) is 2.57. The van der Waals surface area contributed by atoms with Gasteiger partial charge in [-0.15, -0.1) is 0 Å². The van der Waals surface area contributed by atoms with Gasteiger partial charge in [-0.3, -0.25) is 9.59 Å². The Hall–Kier alpha value is -1.64. The van der Waals surface area contributed by atoms with E-state index in [0.29, 0.717) is 12.3 Å². The summed E-state index contributed by atoms with van der Waals surface area (Å²) < 4.78 is 0. The number of aliphatic carboxylic acids is 1. The quantitative estimate of drug-likeness (QED) is 0.852. The standard InChI is InChI=1S/C19H26O3/c1-11-6-7-19(15(5)20,18(21)22)16(10-11)17-13(3)8-12(2)9-14(17)4/h8-9,11,16H,6-7,10H2,1-5H3,(H,21,22). The van der Waals surface area contributed by atoms with Crippen molar-refractivity contribution in [1.82, 2.24) is 0 Å². The van der Waals surface area contributed by atoms with E-state index in [-0.39, 0.29) is 11.7 Å². The molecule has 0 aliphatic heterocycles. The molecular weight excluding hydrogens is 276 g/mol. The zero-order valence-corrected chi connectivity index (χ0v) is 14.2. The van der Waals surface area contributed by atoms with E-state index in [9.17, 15) is 14.7 Å². The molecule has 3 nitrogen and oxygen atoms in total. The Balaban J connectivity index is 2.67. The number of ketones is 1. The third-order valence-corrected chi connectivity index (χ3v) is 5.36. The number of hydrogen-bond acceptors (Lipinski definition) is 2. The topological polar surface area (TPSA) is 54.4 Å². The molecule has 0 aromatic heterocycles. The molecule has 1 aromatic carbocycles. The number of carboxylic acids is 1. The molecule has 1 saturated carbocycles. The van der Waals surface area contributed by atoms with Crippen molar-refractivity contribution in [3.05, 3.63) is 34.4 Å². The fourth-order valence-corrected chi connectivity index (χ4v) is 4.30. The van der Waals surface area contributed by atoms with Crippen LogP contribution in [0.4, 0.5) is 0 Å². The summed E-state index contributed by atoms with van der Waals surface area (Å²) in [5, 5.41) is 9.89. The lowest BCUT2D eigenvalue weighted by molar-refractivity contribution is -0.158. The fraction of sp³-hybridized carbons (Fsp3) is 0.579. The van der Waals surface area contributed by atoms with E-state index in [0.717, 1.165) is 29.5 Å². The zero-order chi connectivity index (χ0) is 16.7. The van der Waals surface area contributed by atoms with E-state index < -0.39 is 11.4 Å². The molecule has 1 aliphatic rings. The molecule has 3 heteroatoms. The lowest BCUT2D eigenvalue weighted by Gasteiger charge is -2.42. The molecule has 22 heavy (non-hydrogen) atoms. The first kappa shape index (κ1) is 16.7. The molecule has 2 rings (SSSR count). The van der Waals surface area contributed by atoms with Crippen LogP contribution in [0.1, 0.15) is 61.3 Å². The summed E-state index contributed by atoms with van der Waals surface area (Å²) >= 11 is 0. The van der Waals surface area contributed by atoms with E-state index in [1.54, 1.807) is 0 Å². The zero-order valence-electron chi connectivity index (χ0n) is 14.2. The van der Waals surface area contributed by atoms with Gasteiger partial charge in [-0.05, 0) is 69.6 Å². The first-order chi connectivity index (χ1) is 10.2. The van der Waals surface area contributed by atoms with Gasteiger partial charge in [-0.25, -0.2) is 0 Å². The molecule has 1 aromatic rings. The Morgan fingerprint density at radius 2 is 1.73 bits per heavy atom. The summed E-state index contributed by atoms with van der Waals surface area (Å²) in [4.78, 5) is 24.4.